The van der Waals surface area contributed by atoms with E-state index in [1.54, 1.807) is 11.7 Å². The molecule has 0 radical (unpaired) electrons. The van der Waals surface area contributed by atoms with E-state index in [0.29, 0.717) is 18.0 Å². The first-order chi connectivity index (χ1) is 11.0. The second-order valence-electron chi connectivity index (χ2n) is 6.19. The third-order valence-corrected chi connectivity index (χ3v) is 3.71. The molecule has 1 aromatic carbocycles. The smallest absolute Gasteiger partial charge is 0.270 e. The molecule has 124 valence electrons. The normalized spacial score (nSPS) is 12.4. The van der Waals surface area contributed by atoms with Gasteiger partial charge in [-0.05, 0) is 30.4 Å². The lowest BCUT2D eigenvalue weighted by atomic mass is 10.0. The van der Waals surface area contributed by atoms with Crippen molar-refractivity contribution >= 4 is 5.91 Å². The molecule has 1 unspecified atom stereocenters. The van der Waals surface area contributed by atoms with Crippen molar-refractivity contribution in [3.05, 3.63) is 53.3 Å². The SMILES string of the molecule is CC(C)Cc1cc(C(=O)NC(CCO)c2ccccc2)n(C)n1. The molecule has 1 amide bonds. The molecule has 0 spiro atoms. The van der Waals surface area contributed by atoms with Crippen LogP contribution in [0.5, 0.6) is 0 Å². The number of amides is 1. The number of rotatable bonds is 7. The average molecular weight is 315 g/mol. The fourth-order valence-electron chi connectivity index (χ4n) is 2.63. The van der Waals surface area contributed by atoms with Gasteiger partial charge in [0.2, 0.25) is 0 Å². The molecule has 1 aromatic heterocycles. The van der Waals surface area contributed by atoms with Crippen LogP contribution in [0.25, 0.3) is 0 Å². The maximum absolute atomic E-state index is 12.6. The molecule has 2 rings (SSSR count). The van der Waals surface area contributed by atoms with Gasteiger partial charge in [0.25, 0.3) is 5.91 Å². The van der Waals surface area contributed by atoms with E-state index in [-0.39, 0.29) is 18.6 Å². The van der Waals surface area contributed by atoms with Crippen molar-refractivity contribution in [2.75, 3.05) is 6.61 Å². The topological polar surface area (TPSA) is 67.2 Å². The standard InChI is InChI=1S/C18H25N3O2/c1-13(2)11-15-12-17(21(3)20-15)18(23)19-16(9-10-22)14-7-5-4-6-8-14/h4-8,12-13,16,22H,9-11H2,1-3H3,(H,19,23). The lowest BCUT2D eigenvalue weighted by Crippen LogP contribution is -2.30. The first-order valence-electron chi connectivity index (χ1n) is 8.00. The number of benzene rings is 1. The summed E-state index contributed by atoms with van der Waals surface area (Å²) in [7, 11) is 1.78. The summed E-state index contributed by atoms with van der Waals surface area (Å²) in [5.74, 6) is 0.324. The van der Waals surface area contributed by atoms with Crippen molar-refractivity contribution in [2.24, 2.45) is 13.0 Å². The molecule has 2 aromatic rings. The predicted octanol–water partition coefficient (Wildman–Crippen LogP) is 2.47. The minimum Gasteiger partial charge on any atom is -0.396 e. The number of aryl methyl sites for hydroxylation is 1. The van der Waals surface area contributed by atoms with Crippen molar-refractivity contribution in [3.63, 3.8) is 0 Å². The summed E-state index contributed by atoms with van der Waals surface area (Å²) >= 11 is 0. The molecule has 23 heavy (non-hydrogen) atoms. The number of carbonyl (C=O) groups is 1. The van der Waals surface area contributed by atoms with Gasteiger partial charge in [0.15, 0.2) is 0 Å². The van der Waals surface area contributed by atoms with Gasteiger partial charge in [-0.3, -0.25) is 9.48 Å². The van der Waals surface area contributed by atoms with Crippen LogP contribution < -0.4 is 5.32 Å². The van der Waals surface area contributed by atoms with E-state index < -0.39 is 0 Å². The van der Waals surface area contributed by atoms with Gasteiger partial charge in [-0.1, -0.05) is 44.2 Å². The minimum atomic E-state index is -0.211. The maximum Gasteiger partial charge on any atom is 0.270 e. The first kappa shape index (κ1) is 17.2. The molecule has 0 aliphatic rings. The zero-order valence-electron chi connectivity index (χ0n) is 14.0. The highest BCUT2D eigenvalue weighted by molar-refractivity contribution is 5.92. The van der Waals surface area contributed by atoms with Crippen LogP contribution >= 0.6 is 0 Å². The summed E-state index contributed by atoms with van der Waals surface area (Å²) in [4.78, 5) is 12.6. The summed E-state index contributed by atoms with van der Waals surface area (Å²) in [5, 5.41) is 16.7. The molecule has 1 atom stereocenters. The van der Waals surface area contributed by atoms with Gasteiger partial charge in [0.1, 0.15) is 5.69 Å². The van der Waals surface area contributed by atoms with Crippen molar-refractivity contribution in [3.8, 4) is 0 Å². The Morgan fingerprint density at radius 1 is 1.30 bits per heavy atom. The Kier molecular flexibility index (Phi) is 5.93. The predicted molar refractivity (Wildman–Crippen MR) is 90.1 cm³/mol. The lowest BCUT2D eigenvalue weighted by molar-refractivity contribution is 0.0920. The molecule has 0 bridgehead atoms. The molecule has 0 saturated carbocycles. The van der Waals surface area contributed by atoms with Crippen molar-refractivity contribution in [1.29, 1.82) is 0 Å². The fourth-order valence-corrected chi connectivity index (χ4v) is 2.63. The third-order valence-electron chi connectivity index (χ3n) is 3.71. The van der Waals surface area contributed by atoms with Gasteiger partial charge in [-0.25, -0.2) is 0 Å². The van der Waals surface area contributed by atoms with E-state index in [2.05, 4.69) is 24.3 Å². The van der Waals surface area contributed by atoms with Crippen LogP contribution in [0.2, 0.25) is 0 Å². The summed E-state index contributed by atoms with van der Waals surface area (Å²) < 4.78 is 1.62. The van der Waals surface area contributed by atoms with Gasteiger partial charge in [0.05, 0.1) is 11.7 Å². The summed E-state index contributed by atoms with van der Waals surface area (Å²) in [6.45, 7) is 4.27. The molecule has 2 N–H and O–H groups in total. The molecule has 5 heteroatoms. The molecule has 5 nitrogen and oxygen atoms in total. The number of hydrogen-bond donors (Lipinski definition) is 2. The molecule has 0 saturated heterocycles. The molecule has 0 fully saturated rings. The van der Waals surface area contributed by atoms with E-state index in [0.717, 1.165) is 17.7 Å². The molecular formula is C18H25N3O2. The van der Waals surface area contributed by atoms with Crippen LogP contribution in [0.3, 0.4) is 0 Å². The Hall–Kier alpha value is -2.14. The Morgan fingerprint density at radius 2 is 2.00 bits per heavy atom. The highest BCUT2D eigenvalue weighted by atomic mass is 16.3. The van der Waals surface area contributed by atoms with Crippen molar-refractivity contribution in [1.82, 2.24) is 15.1 Å². The number of nitrogens with zero attached hydrogens (tertiary/aromatic N) is 2. The van der Waals surface area contributed by atoms with Crippen LogP contribution in [-0.4, -0.2) is 27.4 Å². The van der Waals surface area contributed by atoms with Crippen molar-refractivity contribution < 1.29 is 9.90 Å². The van der Waals surface area contributed by atoms with E-state index in [4.69, 9.17) is 0 Å². The fraction of sp³-hybridized carbons (Fsp3) is 0.444. The Labute approximate surface area is 137 Å². The number of carbonyl (C=O) groups excluding carboxylic acids is 1. The van der Waals surface area contributed by atoms with Gasteiger partial charge in [-0.15, -0.1) is 0 Å². The zero-order chi connectivity index (χ0) is 16.8. The van der Waals surface area contributed by atoms with E-state index in [1.807, 2.05) is 36.4 Å². The molecule has 1 heterocycles. The molecule has 0 aliphatic carbocycles. The number of aliphatic hydroxyl groups excluding tert-OH is 1. The van der Waals surface area contributed by atoms with Crippen LogP contribution in [0.4, 0.5) is 0 Å². The van der Waals surface area contributed by atoms with Gasteiger partial charge >= 0.3 is 0 Å². The van der Waals surface area contributed by atoms with Gasteiger partial charge in [-0.2, -0.15) is 5.10 Å². The van der Waals surface area contributed by atoms with E-state index in [9.17, 15) is 9.90 Å². The lowest BCUT2D eigenvalue weighted by Gasteiger charge is -2.18. The van der Waals surface area contributed by atoms with Gasteiger partial charge < -0.3 is 10.4 Å². The summed E-state index contributed by atoms with van der Waals surface area (Å²) in [6.07, 6.45) is 1.33. The highest BCUT2D eigenvalue weighted by Gasteiger charge is 2.19. The van der Waals surface area contributed by atoms with Crippen LogP contribution in [0, 0.1) is 5.92 Å². The Morgan fingerprint density at radius 3 is 2.61 bits per heavy atom. The maximum atomic E-state index is 12.6. The van der Waals surface area contributed by atoms with E-state index >= 15 is 0 Å². The van der Waals surface area contributed by atoms with Crippen LogP contribution in [0.1, 0.15) is 48.1 Å². The van der Waals surface area contributed by atoms with Crippen LogP contribution in [0.15, 0.2) is 36.4 Å². The summed E-state index contributed by atoms with van der Waals surface area (Å²) in [5.41, 5.74) is 2.45. The Balaban J connectivity index is 2.14. The summed E-state index contributed by atoms with van der Waals surface area (Å²) in [6, 6.07) is 11.3. The number of aromatic nitrogens is 2. The number of nitrogens with one attached hydrogen (secondary N) is 1. The highest BCUT2D eigenvalue weighted by Crippen LogP contribution is 2.17. The first-order valence-corrected chi connectivity index (χ1v) is 8.00. The number of aliphatic hydroxyl groups is 1. The third kappa shape index (κ3) is 4.66. The monoisotopic (exact) mass is 315 g/mol. The molecular weight excluding hydrogens is 290 g/mol. The minimum absolute atomic E-state index is 0.0177. The Bertz CT molecular complexity index is 635. The van der Waals surface area contributed by atoms with E-state index in [1.165, 1.54) is 0 Å². The quantitative estimate of drug-likeness (QED) is 0.825. The largest absolute Gasteiger partial charge is 0.396 e. The van der Waals surface area contributed by atoms with Crippen molar-refractivity contribution in [2.45, 2.75) is 32.7 Å². The zero-order valence-corrected chi connectivity index (χ0v) is 14.0. The average Bonchev–Trinajstić information content (AvgIpc) is 2.87. The molecule has 0 aliphatic heterocycles. The van der Waals surface area contributed by atoms with Crippen LogP contribution in [-0.2, 0) is 13.5 Å². The number of hydrogen-bond acceptors (Lipinski definition) is 3. The second kappa shape index (κ2) is 7.92. The second-order valence-corrected chi connectivity index (χ2v) is 6.19. The van der Waals surface area contributed by atoms with Gasteiger partial charge in [0, 0.05) is 13.7 Å².